The van der Waals surface area contributed by atoms with Gasteiger partial charge in [-0.15, -0.1) is 0 Å². The third-order valence-corrected chi connectivity index (χ3v) is 2.87. The lowest BCUT2D eigenvalue weighted by Crippen LogP contribution is -2.28. The van der Waals surface area contributed by atoms with Gasteiger partial charge >= 0.3 is 12.1 Å². The fourth-order valence-corrected chi connectivity index (χ4v) is 1.93. The van der Waals surface area contributed by atoms with Gasteiger partial charge in [-0.05, 0) is 39.7 Å². The van der Waals surface area contributed by atoms with E-state index in [1.54, 1.807) is 26.8 Å². The number of rotatable bonds is 4. The predicted molar refractivity (Wildman–Crippen MR) is 84.2 cm³/mol. The summed E-state index contributed by atoms with van der Waals surface area (Å²) in [5.41, 5.74) is 1.40. The molecule has 6 nitrogen and oxygen atoms in total. The van der Waals surface area contributed by atoms with Crippen LogP contribution in [-0.2, 0) is 22.3 Å². The van der Waals surface area contributed by atoms with Gasteiger partial charge in [0.15, 0.2) is 0 Å². The average Bonchev–Trinajstić information content (AvgIpc) is 2.43. The van der Waals surface area contributed by atoms with Crippen LogP contribution in [0.25, 0.3) is 0 Å². The van der Waals surface area contributed by atoms with Crippen LogP contribution >= 0.6 is 0 Å². The highest BCUT2D eigenvalue weighted by atomic mass is 16.6. The summed E-state index contributed by atoms with van der Waals surface area (Å²) in [4.78, 5) is 28.4. The van der Waals surface area contributed by atoms with Crippen molar-refractivity contribution in [2.75, 3.05) is 12.4 Å². The molecule has 0 aromatic carbocycles. The minimum Gasteiger partial charge on any atom is -0.465 e. The minimum absolute atomic E-state index is 0.271. The van der Waals surface area contributed by atoms with E-state index < -0.39 is 17.7 Å². The first kappa shape index (κ1) is 17.9. The number of anilines is 1. The minimum atomic E-state index is -0.621. The quantitative estimate of drug-likeness (QED) is 0.863. The number of amides is 1. The standard InChI is InChI=1S/C16H24N2O4/c1-7-10-9-12(18-15(20)22-16(3,4)5)13(14(19)21-6)11(8-2)17-10/h9H,7-8H2,1-6H3,(H,17,18,20). The fourth-order valence-electron chi connectivity index (χ4n) is 1.93. The first-order valence-electron chi connectivity index (χ1n) is 7.32. The molecule has 0 spiro atoms. The number of methoxy groups -OCH3 is 1. The molecule has 0 atom stereocenters. The molecule has 0 fully saturated rings. The Balaban J connectivity index is 3.25. The second kappa shape index (κ2) is 7.24. The predicted octanol–water partition coefficient (Wildman–Crippen LogP) is 3.34. The van der Waals surface area contributed by atoms with E-state index in [1.807, 2.05) is 13.8 Å². The zero-order valence-corrected chi connectivity index (χ0v) is 14.1. The second-order valence-electron chi connectivity index (χ2n) is 5.81. The molecule has 1 N–H and O–H groups in total. The highest BCUT2D eigenvalue weighted by Gasteiger charge is 2.22. The van der Waals surface area contributed by atoms with E-state index in [9.17, 15) is 9.59 Å². The Morgan fingerprint density at radius 3 is 2.32 bits per heavy atom. The lowest BCUT2D eigenvalue weighted by atomic mass is 10.1. The van der Waals surface area contributed by atoms with Gasteiger partial charge in [0.2, 0.25) is 0 Å². The highest BCUT2D eigenvalue weighted by Crippen LogP contribution is 2.23. The topological polar surface area (TPSA) is 77.5 Å². The van der Waals surface area contributed by atoms with Crippen molar-refractivity contribution in [3.05, 3.63) is 23.0 Å². The van der Waals surface area contributed by atoms with Gasteiger partial charge in [-0.3, -0.25) is 10.3 Å². The first-order valence-corrected chi connectivity index (χ1v) is 7.32. The van der Waals surface area contributed by atoms with Gasteiger partial charge in [-0.2, -0.15) is 0 Å². The van der Waals surface area contributed by atoms with Crippen LogP contribution in [0.3, 0.4) is 0 Å². The molecule has 0 unspecified atom stereocenters. The van der Waals surface area contributed by atoms with Gasteiger partial charge in [-0.25, -0.2) is 9.59 Å². The third-order valence-electron chi connectivity index (χ3n) is 2.87. The SMILES string of the molecule is CCc1cc(NC(=O)OC(C)(C)C)c(C(=O)OC)c(CC)n1. The van der Waals surface area contributed by atoms with Crippen molar-refractivity contribution in [3.63, 3.8) is 0 Å². The number of nitrogens with one attached hydrogen (secondary N) is 1. The Hall–Kier alpha value is -2.11. The fraction of sp³-hybridized carbons (Fsp3) is 0.562. The zero-order chi connectivity index (χ0) is 16.9. The van der Waals surface area contributed by atoms with Gasteiger partial charge in [0.1, 0.15) is 11.2 Å². The first-order chi connectivity index (χ1) is 10.2. The van der Waals surface area contributed by atoms with Gasteiger partial charge in [0.25, 0.3) is 0 Å². The van der Waals surface area contributed by atoms with Crippen LogP contribution in [0.5, 0.6) is 0 Å². The number of ether oxygens (including phenoxy) is 2. The summed E-state index contributed by atoms with van der Waals surface area (Å²) in [5, 5.41) is 2.63. The number of hydrogen-bond acceptors (Lipinski definition) is 5. The van der Waals surface area contributed by atoms with Crippen LogP contribution in [0.1, 0.15) is 56.4 Å². The van der Waals surface area contributed by atoms with E-state index in [0.29, 0.717) is 24.2 Å². The van der Waals surface area contributed by atoms with E-state index in [4.69, 9.17) is 9.47 Å². The van der Waals surface area contributed by atoms with Gasteiger partial charge in [-0.1, -0.05) is 13.8 Å². The molecule has 0 aliphatic heterocycles. The maximum Gasteiger partial charge on any atom is 0.412 e. The largest absolute Gasteiger partial charge is 0.465 e. The summed E-state index contributed by atoms with van der Waals surface area (Å²) in [6.07, 6.45) is 0.631. The Bertz CT molecular complexity index is 562. The number of aromatic nitrogens is 1. The number of nitrogens with zero attached hydrogens (tertiary/aromatic N) is 1. The molecule has 1 aromatic heterocycles. The van der Waals surface area contributed by atoms with Gasteiger partial charge < -0.3 is 9.47 Å². The Labute approximate surface area is 131 Å². The molecule has 1 heterocycles. The van der Waals surface area contributed by atoms with Crippen LogP contribution in [0.2, 0.25) is 0 Å². The van der Waals surface area contributed by atoms with Crippen molar-refractivity contribution >= 4 is 17.7 Å². The molecule has 0 aliphatic rings. The summed E-state index contributed by atoms with van der Waals surface area (Å²) < 4.78 is 10.0. The molecule has 0 aliphatic carbocycles. The lowest BCUT2D eigenvalue weighted by Gasteiger charge is -2.21. The van der Waals surface area contributed by atoms with Gasteiger partial charge in [0, 0.05) is 5.69 Å². The number of carbonyl (C=O) groups excluding carboxylic acids is 2. The van der Waals surface area contributed by atoms with Gasteiger partial charge in [0.05, 0.1) is 18.5 Å². The monoisotopic (exact) mass is 308 g/mol. The summed E-state index contributed by atoms with van der Waals surface area (Å²) in [5.74, 6) is -0.530. The van der Waals surface area contributed by atoms with Crippen LogP contribution in [-0.4, -0.2) is 29.8 Å². The van der Waals surface area contributed by atoms with E-state index >= 15 is 0 Å². The summed E-state index contributed by atoms with van der Waals surface area (Å²) >= 11 is 0. The number of hydrogen-bond donors (Lipinski definition) is 1. The summed E-state index contributed by atoms with van der Waals surface area (Å²) in [6.45, 7) is 9.17. The van der Waals surface area contributed by atoms with Crippen LogP contribution < -0.4 is 5.32 Å². The lowest BCUT2D eigenvalue weighted by molar-refractivity contribution is 0.0600. The van der Waals surface area contributed by atoms with Crippen LogP contribution in [0.15, 0.2) is 6.07 Å². The third kappa shape index (κ3) is 4.72. The Morgan fingerprint density at radius 2 is 1.86 bits per heavy atom. The molecule has 0 saturated heterocycles. The molecular weight excluding hydrogens is 284 g/mol. The van der Waals surface area contributed by atoms with Crippen molar-refractivity contribution in [2.24, 2.45) is 0 Å². The van der Waals surface area contributed by atoms with Crippen molar-refractivity contribution in [3.8, 4) is 0 Å². The Morgan fingerprint density at radius 1 is 1.23 bits per heavy atom. The zero-order valence-electron chi connectivity index (χ0n) is 14.1. The number of esters is 1. The van der Waals surface area contributed by atoms with Crippen LogP contribution in [0, 0.1) is 0 Å². The summed E-state index contributed by atoms with van der Waals surface area (Å²) in [6, 6.07) is 1.68. The van der Waals surface area contributed by atoms with E-state index in [2.05, 4.69) is 10.3 Å². The highest BCUT2D eigenvalue weighted by molar-refractivity contribution is 6.00. The summed E-state index contributed by atoms with van der Waals surface area (Å²) in [7, 11) is 1.30. The van der Waals surface area contributed by atoms with Crippen molar-refractivity contribution in [2.45, 2.75) is 53.1 Å². The van der Waals surface area contributed by atoms with Crippen molar-refractivity contribution in [1.82, 2.24) is 4.98 Å². The second-order valence-corrected chi connectivity index (χ2v) is 5.81. The molecule has 6 heteroatoms. The number of aryl methyl sites for hydroxylation is 2. The van der Waals surface area contributed by atoms with Crippen molar-refractivity contribution in [1.29, 1.82) is 0 Å². The van der Waals surface area contributed by atoms with E-state index in [1.165, 1.54) is 7.11 Å². The average molecular weight is 308 g/mol. The number of carbonyl (C=O) groups is 2. The maximum atomic E-state index is 12.0. The molecule has 1 aromatic rings. The maximum absolute atomic E-state index is 12.0. The Kier molecular flexibility index (Phi) is 5.91. The smallest absolute Gasteiger partial charge is 0.412 e. The molecule has 1 rings (SSSR count). The van der Waals surface area contributed by atoms with Crippen LogP contribution in [0.4, 0.5) is 10.5 Å². The van der Waals surface area contributed by atoms with E-state index in [-0.39, 0.29) is 5.56 Å². The van der Waals surface area contributed by atoms with E-state index in [0.717, 1.165) is 5.69 Å². The number of pyridine rings is 1. The molecule has 1 amide bonds. The van der Waals surface area contributed by atoms with Crippen molar-refractivity contribution < 1.29 is 19.1 Å². The normalized spacial score (nSPS) is 11.0. The molecule has 0 bridgehead atoms. The molecule has 122 valence electrons. The molecule has 22 heavy (non-hydrogen) atoms. The molecular formula is C16H24N2O4. The molecule has 0 radical (unpaired) electrons. The molecule has 0 saturated carbocycles.